The van der Waals surface area contributed by atoms with E-state index in [1.165, 1.54) is 0 Å². The molecule has 0 heterocycles. The summed E-state index contributed by atoms with van der Waals surface area (Å²) in [6.45, 7) is 3.01. The van der Waals surface area contributed by atoms with Gasteiger partial charge in [0.05, 0.1) is 7.85 Å². The van der Waals surface area contributed by atoms with Gasteiger partial charge in [0, 0.05) is 0 Å². The van der Waals surface area contributed by atoms with Crippen LogP contribution in [0, 0.1) is 0 Å². The summed E-state index contributed by atoms with van der Waals surface area (Å²) in [5.41, 5.74) is 0. The van der Waals surface area contributed by atoms with Gasteiger partial charge in [-0.1, -0.05) is 19.2 Å². The van der Waals surface area contributed by atoms with E-state index >= 15 is 0 Å². The minimum atomic E-state index is 0.338. The normalized spacial score (nSPS) is 14.0. The van der Waals surface area contributed by atoms with Crippen LogP contribution in [0.4, 0.5) is 0 Å². The maximum Gasteiger partial charge on any atom is 0.0716 e. The molecule has 0 saturated heterocycles. The average Bonchev–Trinajstić information content (AvgIpc) is 1.68. The second-order valence-electron chi connectivity index (χ2n) is 1.73. The third-order valence-corrected chi connectivity index (χ3v) is 0.991. The lowest BCUT2D eigenvalue weighted by Crippen LogP contribution is -2.13. The SMILES string of the molecule is [B]C(CC)CNC. The molecule has 0 spiro atoms. The van der Waals surface area contributed by atoms with Gasteiger partial charge in [0.25, 0.3) is 0 Å². The molecule has 0 fully saturated rings. The molecule has 0 aliphatic carbocycles. The zero-order valence-corrected chi connectivity index (χ0v) is 5.07. The Balaban J connectivity index is 2.83. The summed E-state index contributed by atoms with van der Waals surface area (Å²) >= 11 is 0. The fourth-order valence-corrected chi connectivity index (χ4v) is 0.407. The van der Waals surface area contributed by atoms with Gasteiger partial charge in [-0.3, -0.25) is 0 Å². The Hall–Kier alpha value is 0.0249. The van der Waals surface area contributed by atoms with Gasteiger partial charge < -0.3 is 5.32 Å². The van der Waals surface area contributed by atoms with Crippen LogP contribution in [-0.4, -0.2) is 21.4 Å². The molecule has 0 aliphatic rings. The first kappa shape index (κ1) is 7.02. The van der Waals surface area contributed by atoms with Crippen LogP contribution < -0.4 is 5.32 Å². The van der Waals surface area contributed by atoms with E-state index in [2.05, 4.69) is 12.2 Å². The monoisotopic (exact) mass is 97.1 g/mol. The highest BCUT2D eigenvalue weighted by atomic mass is 14.8. The number of rotatable bonds is 3. The highest BCUT2D eigenvalue weighted by Gasteiger charge is 1.91. The Morgan fingerprint density at radius 2 is 2.29 bits per heavy atom. The van der Waals surface area contributed by atoms with Crippen molar-refractivity contribution >= 4 is 7.85 Å². The molecule has 0 aromatic heterocycles. The first-order valence-corrected chi connectivity index (χ1v) is 2.71. The van der Waals surface area contributed by atoms with Gasteiger partial charge in [0.15, 0.2) is 0 Å². The van der Waals surface area contributed by atoms with Gasteiger partial charge in [-0.15, -0.1) is 0 Å². The smallest absolute Gasteiger partial charge is 0.0716 e. The molecule has 1 unspecified atom stereocenters. The van der Waals surface area contributed by atoms with Crippen molar-refractivity contribution in [3.8, 4) is 0 Å². The van der Waals surface area contributed by atoms with Gasteiger partial charge in [-0.25, -0.2) is 0 Å². The largest absolute Gasteiger partial charge is 0.320 e. The summed E-state index contributed by atoms with van der Waals surface area (Å²) in [5, 5.41) is 2.99. The Bertz CT molecular complexity index is 39.1. The standard InChI is InChI=1S/C5H12BN/c1-3-5(6)4-7-2/h5,7H,3-4H2,1-2H3. The quantitative estimate of drug-likeness (QED) is 0.507. The second-order valence-corrected chi connectivity index (χ2v) is 1.73. The molecule has 40 valence electrons. The number of nitrogens with one attached hydrogen (secondary N) is 1. The summed E-state index contributed by atoms with van der Waals surface area (Å²) < 4.78 is 0. The van der Waals surface area contributed by atoms with Crippen molar-refractivity contribution in [2.24, 2.45) is 0 Å². The predicted octanol–water partition coefficient (Wildman–Crippen LogP) is 0.573. The van der Waals surface area contributed by atoms with Crippen molar-refractivity contribution in [2.75, 3.05) is 13.6 Å². The van der Waals surface area contributed by atoms with Crippen molar-refractivity contribution in [3.05, 3.63) is 0 Å². The molecule has 0 saturated carbocycles. The van der Waals surface area contributed by atoms with E-state index in [0.29, 0.717) is 5.82 Å². The van der Waals surface area contributed by atoms with E-state index in [0.717, 1.165) is 13.0 Å². The minimum absolute atomic E-state index is 0.338. The van der Waals surface area contributed by atoms with Crippen molar-refractivity contribution in [3.63, 3.8) is 0 Å². The zero-order valence-electron chi connectivity index (χ0n) is 5.07. The van der Waals surface area contributed by atoms with E-state index in [4.69, 9.17) is 7.85 Å². The van der Waals surface area contributed by atoms with E-state index in [1.54, 1.807) is 0 Å². The lowest BCUT2D eigenvalue weighted by atomic mass is 9.85. The molecule has 7 heavy (non-hydrogen) atoms. The third-order valence-electron chi connectivity index (χ3n) is 0.991. The summed E-state index contributed by atoms with van der Waals surface area (Å²) in [4.78, 5) is 0. The molecular weight excluding hydrogens is 84.9 g/mol. The highest BCUT2D eigenvalue weighted by Crippen LogP contribution is 1.99. The molecule has 1 nitrogen and oxygen atoms in total. The van der Waals surface area contributed by atoms with E-state index in [1.807, 2.05) is 7.05 Å². The van der Waals surface area contributed by atoms with Crippen LogP contribution in [-0.2, 0) is 0 Å². The first-order chi connectivity index (χ1) is 3.31. The van der Waals surface area contributed by atoms with Crippen molar-refractivity contribution in [1.29, 1.82) is 0 Å². The minimum Gasteiger partial charge on any atom is -0.320 e. The topological polar surface area (TPSA) is 12.0 Å². The van der Waals surface area contributed by atoms with Gasteiger partial charge in [-0.05, 0) is 13.6 Å². The molecule has 1 atom stereocenters. The van der Waals surface area contributed by atoms with Crippen LogP contribution in [0.3, 0.4) is 0 Å². The van der Waals surface area contributed by atoms with E-state index in [9.17, 15) is 0 Å². The molecular formula is C5H12BN. The molecule has 1 N–H and O–H groups in total. The van der Waals surface area contributed by atoms with Crippen LogP contribution in [0.15, 0.2) is 0 Å². The van der Waals surface area contributed by atoms with Crippen molar-refractivity contribution in [1.82, 2.24) is 5.32 Å². The van der Waals surface area contributed by atoms with Crippen molar-refractivity contribution < 1.29 is 0 Å². The van der Waals surface area contributed by atoms with Crippen LogP contribution in [0.2, 0.25) is 5.82 Å². The average molecular weight is 97.0 g/mol. The Labute approximate surface area is 46.9 Å². The fourth-order valence-electron chi connectivity index (χ4n) is 0.407. The summed E-state index contributed by atoms with van der Waals surface area (Å²) in [6.07, 6.45) is 1.06. The Kier molecular flexibility index (Phi) is 4.21. The molecule has 0 aromatic carbocycles. The van der Waals surface area contributed by atoms with Gasteiger partial charge in [0.1, 0.15) is 0 Å². The predicted molar refractivity (Wildman–Crippen MR) is 33.7 cm³/mol. The summed E-state index contributed by atoms with van der Waals surface area (Å²) in [5.74, 6) is 0.338. The lowest BCUT2D eigenvalue weighted by Gasteiger charge is -2.04. The maximum atomic E-state index is 5.52. The summed E-state index contributed by atoms with van der Waals surface area (Å²) in [7, 11) is 7.43. The van der Waals surface area contributed by atoms with Crippen LogP contribution >= 0.6 is 0 Å². The zero-order chi connectivity index (χ0) is 5.70. The molecule has 2 heteroatoms. The van der Waals surface area contributed by atoms with Gasteiger partial charge >= 0.3 is 0 Å². The van der Waals surface area contributed by atoms with Crippen LogP contribution in [0.1, 0.15) is 13.3 Å². The molecule has 2 radical (unpaired) electrons. The number of hydrogen-bond donors (Lipinski definition) is 1. The maximum absolute atomic E-state index is 5.52. The van der Waals surface area contributed by atoms with Gasteiger partial charge in [0.2, 0.25) is 0 Å². The van der Waals surface area contributed by atoms with Crippen molar-refractivity contribution in [2.45, 2.75) is 19.2 Å². The highest BCUT2D eigenvalue weighted by molar-refractivity contribution is 6.11. The first-order valence-electron chi connectivity index (χ1n) is 2.71. The molecule has 0 amide bonds. The Morgan fingerprint density at radius 1 is 1.71 bits per heavy atom. The lowest BCUT2D eigenvalue weighted by molar-refractivity contribution is 0.709. The number of hydrogen-bond acceptors (Lipinski definition) is 1. The molecule has 0 aliphatic heterocycles. The van der Waals surface area contributed by atoms with Crippen LogP contribution in [0.25, 0.3) is 0 Å². The summed E-state index contributed by atoms with van der Waals surface area (Å²) in [6, 6.07) is 0. The molecule has 0 rings (SSSR count). The third kappa shape index (κ3) is 3.87. The van der Waals surface area contributed by atoms with Gasteiger partial charge in [-0.2, -0.15) is 0 Å². The second kappa shape index (κ2) is 4.19. The van der Waals surface area contributed by atoms with Crippen LogP contribution in [0.5, 0.6) is 0 Å². The molecule has 0 aromatic rings. The molecule has 0 bridgehead atoms. The Morgan fingerprint density at radius 3 is 2.43 bits per heavy atom. The van der Waals surface area contributed by atoms with E-state index < -0.39 is 0 Å². The fraction of sp³-hybridized carbons (Fsp3) is 1.00. The van der Waals surface area contributed by atoms with E-state index in [-0.39, 0.29) is 0 Å².